The summed E-state index contributed by atoms with van der Waals surface area (Å²) in [5.74, 6) is -0.592. The number of anilines is 1. The Morgan fingerprint density at radius 2 is 1.78 bits per heavy atom. The lowest BCUT2D eigenvalue weighted by Gasteiger charge is -2.36. The number of nitro groups is 1. The number of ketones is 1. The Morgan fingerprint density at radius 1 is 1.11 bits per heavy atom. The van der Waals surface area contributed by atoms with Crippen LogP contribution in [0, 0.1) is 15.9 Å². The molecule has 1 saturated heterocycles. The third-order valence-electron chi connectivity index (χ3n) is 4.69. The van der Waals surface area contributed by atoms with Crippen LogP contribution in [-0.2, 0) is 0 Å². The number of nitro benzene ring substituents is 1. The number of hydrogen-bond donors (Lipinski definition) is 0. The third-order valence-corrected chi connectivity index (χ3v) is 4.98. The number of non-ortho nitro benzene ring substituents is 1. The summed E-state index contributed by atoms with van der Waals surface area (Å²) in [4.78, 5) is 26.9. The molecule has 2 aromatic rings. The smallest absolute Gasteiger partial charge is 0.269 e. The van der Waals surface area contributed by atoms with Crippen molar-refractivity contribution in [3.8, 4) is 0 Å². The van der Waals surface area contributed by atoms with Gasteiger partial charge in [-0.05, 0) is 30.3 Å². The highest BCUT2D eigenvalue weighted by atomic mass is 35.5. The lowest BCUT2D eigenvalue weighted by molar-refractivity contribution is -0.384. The fourth-order valence-electron chi connectivity index (χ4n) is 3.09. The molecular formula is C19H19ClFN3O3. The summed E-state index contributed by atoms with van der Waals surface area (Å²) < 4.78 is 13.2. The van der Waals surface area contributed by atoms with E-state index in [4.69, 9.17) is 11.6 Å². The Kier molecular flexibility index (Phi) is 6.03. The highest BCUT2D eigenvalue weighted by molar-refractivity contribution is 6.31. The zero-order valence-electron chi connectivity index (χ0n) is 14.6. The van der Waals surface area contributed by atoms with Gasteiger partial charge in [-0.2, -0.15) is 0 Å². The molecule has 1 aliphatic rings. The predicted octanol–water partition coefficient (Wildman–Crippen LogP) is 3.78. The Hall–Kier alpha value is -2.51. The molecule has 1 aliphatic heterocycles. The van der Waals surface area contributed by atoms with Crippen LogP contribution in [-0.4, -0.2) is 48.3 Å². The van der Waals surface area contributed by atoms with E-state index in [1.807, 2.05) is 0 Å². The molecule has 0 radical (unpaired) electrons. The van der Waals surface area contributed by atoms with Crippen LogP contribution in [0.1, 0.15) is 16.8 Å². The standard InChI is InChI=1S/C19H19ClFN3O3/c20-17-13-14(1-6-18(17)21)19(25)7-8-22-9-11-23(12-10-22)15-2-4-16(5-3-15)24(26)27/h1-6,13H,7-12H2. The van der Waals surface area contributed by atoms with E-state index in [0.717, 1.165) is 31.9 Å². The van der Waals surface area contributed by atoms with Crippen molar-refractivity contribution in [2.75, 3.05) is 37.6 Å². The molecule has 2 aromatic carbocycles. The fraction of sp³-hybridized carbons (Fsp3) is 0.316. The molecule has 142 valence electrons. The average molecular weight is 392 g/mol. The molecule has 1 heterocycles. The molecule has 0 aliphatic carbocycles. The number of benzene rings is 2. The molecule has 0 saturated carbocycles. The Bertz CT molecular complexity index is 837. The summed E-state index contributed by atoms with van der Waals surface area (Å²) in [7, 11) is 0. The number of rotatable bonds is 6. The van der Waals surface area contributed by atoms with Crippen LogP contribution in [0.5, 0.6) is 0 Å². The molecule has 0 N–H and O–H groups in total. The van der Waals surface area contributed by atoms with Gasteiger partial charge in [0.15, 0.2) is 5.78 Å². The maximum Gasteiger partial charge on any atom is 0.269 e. The van der Waals surface area contributed by atoms with E-state index < -0.39 is 10.7 Å². The van der Waals surface area contributed by atoms with Crippen molar-refractivity contribution in [3.63, 3.8) is 0 Å². The van der Waals surface area contributed by atoms with Crippen LogP contribution >= 0.6 is 11.6 Å². The second-order valence-corrected chi connectivity index (χ2v) is 6.81. The zero-order chi connectivity index (χ0) is 19.4. The molecule has 1 fully saturated rings. The molecule has 0 aromatic heterocycles. The number of Topliss-reactive ketones (excluding diaryl/α,β-unsaturated/α-hetero) is 1. The van der Waals surface area contributed by atoms with Crippen molar-refractivity contribution in [2.24, 2.45) is 0 Å². The van der Waals surface area contributed by atoms with Crippen molar-refractivity contribution < 1.29 is 14.1 Å². The number of carbonyl (C=O) groups excluding carboxylic acids is 1. The van der Waals surface area contributed by atoms with Crippen molar-refractivity contribution in [1.82, 2.24) is 4.90 Å². The van der Waals surface area contributed by atoms with Gasteiger partial charge in [-0.3, -0.25) is 19.8 Å². The van der Waals surface area contributed by atoms with E-state index in [1.165, 1.54) is 30.3 Å². The van der Waals surface area contributed by atoms with Crippen LogP contribution in [0.25, 0.3) is 0 Å². The lowest BCUT2D eigenvalue weighted by atomic mass is 10.1. The fourth-order valence-corrected chi connectivity index (χ4v) is 3.27. The van der Waals surface area contributed by atoms with Gasteiger partial charge in [0.25, 0.3) is 5.69 Å². The quantitative estimate of drug-likeness (QED) is 0.426. The monoisotopic (exact) mass is 391 g/mol. The van der Waals surface area contributed by atoms with Crippen LogP contribution < -0.4 is 4.90 Å². The van der Waals surface area contributed by atoms with Gasteiger partial charge < -0.3 is 4.90 Å². The number of nitrogens with zero attached hydrogens (tertiary/aromatic N) is 3. The van der Waals surface area contributed by atoms with Crippen molar-refractivity contribution in [3.05, 3.63) is 69.0 Å². The maximum absolute atomic E-state index is 13.2. The SMILES string of the molecule is O=C(CCN1CCN(c2ccc([N+](=O)[O-])cc2)CC1)c1ccc(F)c(Cl)c1. The van der Waals surface area contributed by atoms with Crippen molar-refractivity contribution in [2.45, 2.75) is 6.42 Å². The summed E-state index contributed by atoms with van der Waals surface area (Å²) in [5, 5.41) is 10.7. The predicted molar refractivity (Wildman–Crippen MR) is 102 cm³/mol. The molecule has 3 rings (SSSR count). The topological polar surface area (TPSA) is 66.7 Å². The van der Waals surface area contributed by atoms with Gasteiger partial charge in [0.05, 0.1) is 9.95 Å². The first-order chi connectivity index (χ1) is 12.9. The molecule has 8 heteroatoms. The highest BCUT2D eigenvalue weighted by Crippen LogP contribution is 2.21. The lowest BCUT2D eigenvalue weighted by Crippen LogP contribution is -2.46. The van der Waals surface area contributed by atoms with Crippen LogP contribution in [0.3, 0.4) is 0 Å². The average Bonchev–Trinajstić information content (AvgIpc) is 2.68. The summed E-state index contributed by atoms with van der Waals surface area (Å²) in [6.45, 7) is 3.80. The molecule has 0 bridgehead atoms. The van der Waals surface area contributed by atoms with Gasteiger partial charge in [-0.15, -0.1) is 0 Å². The summed E-state index contributed by atoms with van der Waals surface area (Å²) in [5.41, 5.74) is 1.46. The molecule has 0 amide bonds. The molecule has 0 atom stereocenters. The summed E-state index contributed by atoms with van der Waals surface area (Å²) in [6, 6.07) is 10.6. The van der Waals surface area contributed by atoms with Crippen molar-refractivity contribution in [1.29, 1.82) is 0 Å². The minimum Gasteiger partial charge on any atom is -0.369 e. The van der Waals surface area contributed by atoms with Gasteiger partial charge in [0, 0.05) is 62.5 Å². The molecule has 27 heavy (non-hydrogen) atoms. The van der Waals surface area contributed by atoms with E-state index in [2.05, 4.69) is 9.80 Å². The number of carbonyl (C=O) groups is 1. The molecular weight excluding hydrogens is 373 g/mol. The van der Waals surface area contributed by atoms with Crippen molar-refractivity contribution >= 4 is 28.8 Å². The van der Waals surface area contributed by atoms with Gasteiger partial charge in [-0.1, -0.05) is 11.6 Å². The van der Waals surface area contributed by atoms with E-state index >= 15 is 0 Å². The zero-order valence-corrected chi connectivity index (χ0v) is 15.4. The number of hydrogen-bond acceptors (Lipinski definition) is 5. The Balaban J connectivity index is 1.48. The molecule has 0 unspecified atom stereocenters. The van der Waals surface area contributed by atoms with E-state index in [-0.39, 0.29) is 16.5 Å². The highest BCUT2D eigenvalue weighted by Gasteiger charge is 2.19. The second kappa shape index (κ2) is 8.45. The first-order valence-electron chi connectivity index (χ1n) is 8.64. The minimum atomic E-state index is -0.532. The first-order valence-corrected chi connectivity index (χ1v) is 9.02. The van der Waals surface area contributed by atoms with Crippen LogP contribution in [0.2, 0.25) is 5.02 Å². The maximum atomic E-state index is 13.2. The van der Waals surface area contributed by atoms with Gasteiger partial charge in [0.2, 0.25) is 0 Å². The van der Waals surface area contributed by atoms with Crippen LogP contribution in [0.4, 0.5) is 15.8 Å². The second-order valence-electron chi connectivity index (χ2n) is 6.40. The first kappa shape index (κ1) is 19.3. The summed E-state index contributed by atoms with van der Waals surface area (Å²) >= 11 is 5.73. The van der Waals surface area contributed by atoms with Gasteiger partial charge in [-0.25, -0.2) is 4.39 Å². The number of halogens is 2. The molecule has 6 nitrogen and oxygen atoms in total. The Morgan fingerprint density at radius 3 is 2.37 bits per heavy atom. The van der Waals surface area contributed by atoms with Gasteiger partial charge in [0.1, 0.15) is 5.82 Å². The van der Waals surface area contributed by atoms with Crippen LogP contribution in [0.15, 0.2) is 42.5 Å². The van der Waals surface area contributed by atoms with E-state index in [1.54, 1.807) is 12.1 Å². The molecule has 0 spiro atoms. The Labute approximate surface area is 161 Å². The summed E-state index contributed by atoms with van der Waals surface area (Å²) in [6.07, 6.45) is 0.347. The van der Waals surface area contributed by atoms with Gasteiger partial charge >= 0.3 is 0 Å². The minimum absolute atomic E-state index is 0.0439. The van der Waals surface area contributed by atoms with E-state index in [9.17, 15) is 19.3 Å². The normalized spacial score (nSPS) is 15.0. The number of piperazine rings is 1. The van der Waals surface area contributed by atoms with E-state index in [0.29, 0.717) is 18.5 Å². The largest absolute Gasteiger partial charge is 0.369 e. The third kappa shape index (κ3) is 4.81.